The van der Waals surface area contributed by atoms with Crippen LogP contribution in [0.15, 0.2) is 45.6 Å². The van der Waals surface area contributed by atoms with Crippen molar-refractivity contribution in [3.05, 3.63) is 41.0 Å². The molecular weight excluding hydrogens is 314 g/mol. The summed E-state index contributed by atoms with van der Waals surface area (Å²) in [6.45, 7) is 0. The number of azo groups is 1. The van der Waals surface area contributed by atoms with E-state index in [2.05, 4.69) is 15.0 Å². The summed E-state index contributed by atoms with van der Waals surface area (Å²) in [4.78, 5) is 11.8. The van der Waals surface area contributed by atoms with Gasteiger partial charge in [-0.1, -0.05) is 12.1 Å². The van der Waals surface area contributed by atoms with E-state index in [4.69, 9.17) is 0 Å². The molecular formula is C16H19N3O3S. The van der Waals surface area contributed by atoms with E-state index in [1.54, 1.807) is 12.1 Å². The van der Waals surface area contributed by atoms with Crippen molar-refractivity contribution < 1.29 is 13.2 Å². The first-order chi connectivity index (χ1) is 10.9. The summed E-state index contributed by atoms with van der Waals surface area (Å²) in [5, 5.41) is 7.96. The molecule has 0 aromatic heterocycles. The topological polar surface area (TPSA) is 88.0 Å². The molecule has 0 radical (unpaired) electrons. The molecule has 0 spiro atoms. The van der Waals surface area contributed by atoms with Crippen molar-refractivity contribution in [2.24, 2.45) is 10.2 Å². The van der Waals surface area contributed by atoms with Gasteiger partial charge in [0.1, 0.15) is 0 Å². The average molecular weight is 333 g/mol. The quantitative estimate of drug-likeness (QED) is 0.919. The van der Waals surface area contributed by atoms with Crippen molar-refractivity contribution in [1.29, 1.82) is 0 Å². The molecule has 0 fully saturated rings. The SMILES string of the molecule is CS(=O)(=O)Nc1cccc(CC2N=NC(=O)C3=C2CCCC3)c1. The fourth-order valence-corrected chi connectivity index (χ4v) is 3.71. The Labute approximate surface area is 135 Å². The fraction of sp³-hybridized carbons (Fsp3) is 0.438. The van der Waals surface area contributed by atoms with Crippen molar-refractivity contribution in [1.82, 2.24) is 0 Å². The van der Waals surface area contributed by atoms with Gasteiger partial charge in [0, 0.05) is 17.7 Å². The molecule has 1 aromatic carbocycles. The third kappa shape index (κ3) is 3.85. The van der Waals surface area contributed by atoms with Crippen LogP contribution >= 0.6 is 0 Å². The Hall–Kier alpha value is -2.02. The van der Waals surface area contributed by atoms with Gasteiger partial charge in [0.2, 0.25) is 10.0 Å². The van der Waals surface area contributed by atoms with Crippen LogP contribution in [0.5, 0.6) is 0 Å². The van der Waals surface area contributed by atoms with Gasteiger partial charge in [0.25, 0.3) is 5.91 Å². The van der Waals surface area contributed by atoms with Gasteiger partial charge in [-0.2, -0.15) is 5.11 Å². The first kappa shape index (κ1) is 15.9. The van der Waals surface area contributed by atoms with Crippen molar-refractivity contribution >= 4 is 21.6 Å². The summed E-state index contributed by atoms with van der Waals surface area (Å²) >= 11 is 0. The number of nitrogens with one attached hydrogen (secondary N) is 1. The number of hydrogen-bond acceptors (Lipinski definition) is 4. The van der Waals surface area contributed by atoms with Crippen LogP contribution in [0.4, 0.5) is 5.69 Å². The minimum absolute atomic E-state index is 0.114. The number of nitrogens with zero attached hydrogens (tertiary/aromatic N) is 2. The van der Waals surface area contributed by atoms with E-state index in [0.29, 0.717) is 12.1 Å². The highest BCUT2D eigenvalue weighted by Gasteiger charge is 2.28. The van der Waals surface area contributed by atoms with E-state index in [0.717, 1.165) is 48.6 Å². The van der Waals surface area contributed by atoms with E-state index < -0.39 is 10.0 Å². The zero-order chi connectivity index (χ0) is 16.4. The summed E-state index contributed by atoms with van der Waals surface area (Å²) in [6.07, 6.45) is 5.54. The molecule has 1 aliphatic heterocycles. The Balaban J connectivity index is 1.82. The minimum Gasteiger partial charge on any atom is -0.284 e. The Kier molecular flexibility index (Phi) is 4.30. The van der Waals surface area contributed by atoms with E-state index in [1.165, 1.54) is 0 Å². The zero-order valence-electron chi connectivity index (χ0n) is 12.9. The van der Waals surface area contributed by atoms with Gasteiger partial charge in [-0.3, -0.25) is 9.52 Å². The number of carbonyl (C=O) groups excluding carboxylic acids is 1. The molecule has 1 unspecified atom stereocenters. The lowest BCUT2D eigenvalue weighted by molar-refractivity contribution is -0.115. The molecule has 2 aliphatic rings. The lowest BCUT2D eigenvalue weighted by Gasteiger charge is -2.25. The molecule has 23 heavy (non-hydrogen) atoms. The van der Waals surface area contributed by atoms with Crippen molar-refractivity contribution in [2.45, 2.75) is 38.1 Å². The number of hydrogen-bond donors (Lipinski definition) is 1. The fourth-order valence-electron chi connectivity index (χ4n) is 3.16. The van der Waals surface area contributed by atoms with Crippen LogP contribution in [-0.4, -0.2) is 26.6 Å². The summed E-state index contributed by atoms with van der Waals surface area (Å²) in [5.74, 6) is -0.191. The van der Waals surface area contributed by atoms with Crippen molar-refractivity contribution in [3.63, 3.8) is 0 Å². The summed E-state index contributed by atoms with van der Waals surface area (Å²) < 4.78 is 25.1. The number of carbonyl (C=O) groups is 1. The molecule has 122 valence electrons. The van der Waals surface area contributed by atoms with E-state index >= 15 is 0 Å². The molecule has 1 aromatic rings. The third-order valence-corrected chi connectivity index (χ3v) is 4.72. The lowest BCUT2D eigenvalue weighted by Crippen LogP contribution is -2.23. The largest absolute Gasteiger partial charge is 0.291 e. The van der Waals surface area contributed by atoms with Gasteiger partial charge in [-0.15, -0.1) is 5.11 Å². The number of amides is 1. The number of sulfonamides is 1. The second kappa shape index (κ2) is 6.23. The molecule has 0 saturated carbocycles. The molecule has 1 amide bonds. The highest BCUT2D eigenvalue weighted by molar-refractivity contribution is 7.92. The Morgan fingerprint density at radius 2 is 2.04 bits per heavy atom. The maximum absolute atomic E-state index is 11.8. The second-order valence-corrected chi connectivity index (χ2v) is 7.77. The number of rotatable bonds is 4. The third-order valence-electron chi connectivity index (χ3n) is 4.12. The average Bonchev–Trinajstić information content (AvgIpc) is 2.49. The van der Waals surface area contributed by atoms with Crippen LogP contribution in [0, 0.1) is 0 Å². The first-order valence-corrected chi connectivity index (χ1v) is 9.55. The maximum atomic E-state index is 11.8. The molecule has 1 heterocycles. The minimum atomic E-state index is -3.30. The van der Waals surface area contributed by atoms with Gasteiger partial charge in [0.05, 0.1) is 12.3 Å². The zero-order valence-corrected chi connectivity index (χ0v) is 13.8. The van der Waals surface area contributed by atoms with Gasteiger partial charge in [-0.25, -0.2) is 8.42 Å². The van der Waals surface area contributed by atoms with Gasteiger partial charge < -0.3 is 0 Å². The Morgan fingerprint density at radius 1 is 1.26 bits per heavy atom. The number of benzene rings is 1. The monoisotopic (exact) mass is 333 g/mol. The predicted molar refractivity (Wildman–Crippen MR) is 87.8 cm³/mol. The van der Waals surface area contributed by atoms with Gasteiger partial charge >= 0.3 is 0 Å². The second-order valence-electron chi connectivity index (χ2n) is 6.03. The summed E-state index contributed by atoms with van der Waals surface area (Å²) in [5.41, 5.74) is 3.44. The number of anilines is 1. The van der Waals surface area contributed by atoms with Crippen molar-refractivity contribution in [2.75, 3.05) is 11.0 Å². The van der Waals surface area contributed by atoms with Gasteiger partial charge in [-0.05, 0) is 49.0 Å². The van der Waals surface area contributed by atoms with Crippen LogP contribution in [-0.2, 0) is 21.2 Å². The summed E-state index contributed by atoms with van der Waals surface area (Å²) in [6, 6.07) is 7.14. The maximum Gasteiger partial charge on any atom is 0.291 e. The highest BCUT2D eigenvalue weighted by atomic mass is 32.2. The molecule has 3 rings (SSSR count). The van der Waals surface area contributed by atoms with Crippen LogP contribution in [0.3, 0.4) is 0 Å². The lowest BCUT2D eigenvalue weighted by atomic mass is 9.84. The predicted octanol–water partition coefficient (Wildman–Crippen LogP) is 2.83. The smallest absolute Gasteiger partial charge is 0.284 e. The molecule has 1 N–H and O–H groups in total. The van der Waals surface area contributed by atoms with Crippen LogP contribution < -0.4 is 4.72 Å². The summed E-state index contributed by atoms with van der Waals surface area (Å²) in [7, 11) is -3.30. The van der Waals surface area contributed by atoms with E-state index in [-0.39, 0.29) is 11.9 Å². The first-order valence-electron chi connectivity index (χ1n) is 7.66. The molecule has 0 bridgehead atoms. The molecule has 0 saturated heterocycles. The molecule has 1 aliphatic carbocycles. The van der Waals surface area contributed by atoms with Crippen LogP contribution in [0.25, 0.3) is 0 Å². The standard InChI is InChI=1S/C16H19N3O3S/c1-23(21,22)19-12-6-4-5-11(9-12)10-15-13-7-2-3-8-14(13)16(20)18-17-15/h4-6,9,15,19H,2-3,7-8,10H2,1H3. The van der Waals surface area contributed by atoms with Crippen LogP contribution in [0.2, 0.25) is 0 Å². The van der Waals surface area contributed by atoms with E-state index in [9.17, 15) is 13.2 Å². The molecule has 6 nitrogen and oxygen atoms in total. The molecule has 1 atom stereocenters. The van der Waals surface area contributed by atoms with Gasteiger partial charge in [0.15, 0.2) is 0 Å². The molecule has 7 heteroatoms. The van der Waals surface area contributed by atoms with Crippen molar-refractivity contribution in [3.8, 4) is 0 Å². The highest BCUT2D eigenvalue weighted by Crippen LogP contribution is 2.33. The Morgan fingerprint density at radius 3 is 2.83 bits per heavy atom. The normalized spacial score (nSPS) is 21.3. The Bertz CT molecular complexity index is 797. The van der Waals surface area contributed by atoms with E-state index in [1.807, 2.05) is 12.1 Å². The van der Waals surface area contributed by atoms with Crippen LogP contribution in [0.1, 0.15) is 31.2 Å².